The minimum Gasteiger partial charge on any atom is -0.496 e. The summed E-state index contributed by atoms with van der Waals surface area (Å²) >= 11 is 3.37. The molecule has 0 spiro atoms. The van der Waals surface area contributed by atoms with Crippen LogP contribution in [0.25, 0.3) is 6.08 Å². The van der Waals surface area contributed by atoms with Crippen molar-refractivity contribution in [2.24, 2.45) is 0 Å². The maximum absolute atomic E-state index is 12.1. The van der Waals surface area contributed by atoms with Crippen LogP contribution in [0, 0.1) is 6.92 Å². The molecule has 1 atom stereocenters. The molecule has 6 heteroatoms. The number of anilines is 1. The van der Waals surface area contributed by atoms with E-state index in [1.54, 1.807) is 25.3 Å². The van der Waals surface area contributed by atoms with E-state index in [-0.39, 0.29) is 0 Å². The molecule has 26 heavy (non-hydrogen) atoms. The van der Waals surface area contributed by atoms with Gasteiger partial charge in [-0.3, -0.25) is 4.79 Å². The van der Waals surface area contributed by atoms with Gasteiger partial charge >= 0.3 is 5.97 Å². The molecule has 1 unspecified atom stereocenters. The molecule has 2 aromatic rings. The predicted molar refractivity (Wildman–Crippen MR) is 105 cm³/mol. The Kier molecular flexibility index (Phi) is 6.97. The maximum atomic E-state index is 12.1. The van der Waals surface area contributed by atoms with Gasteiger partial charge in [0.2, 0.25) is 0 Å². The number of carbonyl (C=O) groups excluding carboxylic acids is 2. The van der Waals surface area contributed by atoms with Crippen LogP contribution in [0.2, 0.25) is 0 Å². The molecule has 1 amide bonds. The molecule has 0 saturated heterocycles. The van der Waals surface area contributed by atoms with E-state index < -0.39 is 18.0 Å². The van der Waals surface area contributed by atoms with Gasteiger partial charge in [-0.1, -0.05) is 28.1 Å². The minimum absolute atomic E-state index is 0.391. The number of ether oxygens (including phenoxy) is 2. The summed E-state index contributed by atoms with van der Waals surface area (Å²) in [6, 6.07) is 12.8. The predicted octanol–water partition coefficient (Wildman–Crippen LogP) is 4.35. The van der Waals surface area contributed by atoms with Crippen LogP contribution in [0.1, 0.15) is 18.1 Å². The van der Waals surface area contributed by atoms with Crippen molar-refractivity contribution in [2.75, 3.05) is 12.4 Å². The van der Waals surface area contributed by atoms with Gasteiger partial charge in [0, 0.05) is 21.8 Å². The van der Waals surface area contributed by atoms with Crippen LogP contribution in [0.15, 0.2) is 53.0 Å². The fraction of sp³-hybridized carbons (Fsp3) is 0.200. The van der Waals surface area contributed by atoms with Gasteiger partial charge in [-0.25, -0.2) is 4.79 Å². The summed E-state index contributed by atoms with van der Waals surface area (Å²) in [6.45, 7) is 3.46. The van der Waals surface area contributed by atoms with Gasteiger partial charge < -0.3 is 14.8 Å². The van der Waals surface area contributed by atoms with Crippen molar-refractivity contribution < 1.29 is 19.1 Å². The molecule has 0 saturated carbocycles. The van der Waals surface area contributed by atoms with Crippen LogP contribution in [-0.2, 0) is 14.3 Å². The number of benzene rings is 2. The Balaban J connectivity index is 1.96. The monoisotopic (exact) mass is 417 g/mol. The molecule has 0 radical (unpaired) electrons. The number of amides is 1. The maximum Gasteiger partial charge on any atom is 0.331 e. The fourth-order valence-electron chi connectivity index (χ4n) is 2.23. The second kappa shape index (κ2) is 9.20. The smallest absolute Gasteiger partial charge is 0.331 e. The topological polar surface area (TPSA) is 64.6 Å². The largest absolute Gasteiger partial charge is 0.496 e. The lowest BCUT2D eigenvalue weighted by Gasteiger charge is -2.12. The van der Waals surface area contributed by atoms with Crippen molar-refractivity contribution in [3.05, 3.63) is 64.1 Å². The van der Waals surface area contributed by atoms with E-state index in [0.29, 0.717) is 11.4 Å². The molecule has 0 heterocycles. The average molecular weight is 418 g/mol. The van der Waals surface area contributed by atoms with E-state index in [0.717, 1.165) is 15.6 Å². The number of hydrogen-bond donors (Lipinski definition) is 1. The molecule has 136 valence electrons. The second-order valence-electron chi connectivity index (χ2n) is 5.66. The number of esters is 1. The number of rotatable bonds is 6. The van der Waals surface area contributed by atoms with E-state index in [1.807, 2.05) is 37.3 Å². The van der Waals surface area contributed by atoms with E-state index in [1.165, 1.54) is 13.0 Å². The molecule has 2 aromatic carbocycles. The zero-order chi connectivity index (χ0) is 19.1. The lowest BCUT2D eigenvalue weighted by Crippen LogP contribution is -2.29. The van der Waals surface area contributed by atoms with Crippen molar-refractivity contribution in [1.29, 1.82) is 0 Å². The van der Waals surface area contributed by atoms with E-state index in [9.17, 15) is 9.59 Å². The van der Waals surface area contributed by atoms with E-state index in [4.69, 9.17) is 9.47 Å². The minimum atomic E-state index is -0.919. The van der Waals surface area contributed by atoms with Crippen LogP contribution in [0.5, 0.6) is 5.75 Å². The number of methoxy groups -OCH3 is 1. The third-order valence-electron chi connectivity index (χ3n) is 3.54. The Morgan fingerprint density at radius 2 is 1.96 bits per heavy atom. The summed E-state index contributed by atoms with van der Waals surface area (Å²) < 4.78 is 11.2. The van der Waals surface area contributed by atoms with Gasteiger partial charge in [-0.05, 0) is 55.8 Å². The van der Waals surface area contributed by atoms with Gasteiger partial charge in [0.1, 0.15) is 5.75 Å². The Bertz CT molecular complexity index is 832. The Morgan fingerprint density at radius 1 is 1.19 bits per heavy atom. The third-order valence-corrected chi connectivity index (χ3v) is 4.03. The lowest BCUT2D eigenvalue weighted by molar-refractivity contribution is -0.148. The molecule has 2 rings (SSSR count). The SMILES string of the molecule is COc1ccc(Br)cc1/C=C/C(=O)OC(C)C(=O)Nc1cccc(C)c1. The molecule has 0 aliphatic carbocycles. The lowest BCUT2D eigenvalue weighted by atomic mass is 10.2. The van der Waals surface area contributed by atoms with Crippen molar-refractivity contribution >= 4 is 39.6 Å². The summed E-state index contributed by atoms with van der Waals surface area (Å²) in [7, 11) is 1.55. The zero-order valence-electron chi connectivity index (χ0n) is 14.8. The summed E-state index contributed by atoms with van der Waals surface area (Å²) in [5.74, 6) is -0.376. The van der Waals surface area contributed by atoms with Crippen LogP contribution in [0.4, 0.5) is 5.69 Å². The molecule has 1 N–H and O–H groups in total. The van der Waals surface area contributed by atoms with Crippen LogP contribution < -0.4 is 10.1 Å². The van der Waals surface area contributed by atoms with Gasteiger partial charge in [-0.15, -0.1) is 0 Å². The quantitative estimate of drug-likeness (QED) is 0.560. The highest BCUT2D eigenvalue weighted by molar-refractivity contribution is 9.10. The molecule has 0 aromatic heterocycles. The van der Waals surface area contributed by atoms with Crippen molar-refractivity contribution in [2.45, 2.75) is 20.0 Å². The summed E-state index contributed by atoms with van der Waals surface area (Å²) in [5.41, 5.74) is 2.40. The first-order valence-electron chi connectivity index (χ1n) is 7.99. The van der Waals surface area contributed by atoms with E-state index >= 15 is 0 Å². The molecule has 0 fully saturated rings. The van der Waals surface area contributed by atoms with Crippen LogP contribution in [-0.4, -0.2) is 25.1 Å². The first-order valence-corrected chi connectivity index (χ1v) is 8.78. The number of carbonyl (C=O) groups is 2. The van der Waals surface area contributed by atoms with Crippen LogP contribution >= 0.6 is 15.9 Å². The van der Waals surface area contributed by atoms with Gasteiger partial charge in [0.05, 0.1) is 7.11 Å². The highest BCUT2D eigenvalue weighted by atomic mass is 79.9. The summed E-state index contributed by atoms with van der Waals surface area (Å²) in [4.78, 5) is 24.1. The Labute approximate surface area is 161 Å². The molecular formula is C20H20BrNO4. The Morgan fingerprint density at radius 3 is 2.65 bits per heavy atom. The van der Waals surface area contributed by atoms with Crippen LogP contribution in [0.3, 0.4) is 0 Å². The van der Waals surface area contributed by atoms with Crippen molar-refractivity contribution in [3.63, 3.8) is 0 Å². The first-order chi connectivity index (χ1) is 12.4. The van der Waals surface area contributed by atoms with Gasteiger partial charge in [-0.2, -0.15) is 0 Å². The molecule has 0 bridgehead atoms. The van der Waals surface area contributed by atoms with E-state index in [2.05, 4.69) is 21.2 Å². The zero-order valence-corrected chi connectivity index (χ0v) is 16.4. The van der Waals surface area contributed by atoms with Crippen molar-refractivity contribution in [1.82, 2.24) is 0 Å². The number of aryl methyl sites for hydroxylation is 1. The van der Waals surface area contributed by atoms with Gasteiger partial charge in [0.15, 0.2) is 6.10 Å². The van der Waals surface area contributed by atoms with Crippen molar-refractivity contribution in [3.8, 4) is 5.75 Å². The number of halogens is 1. The number of nitrogens with one attached hydrogen (secondary N) is 1. The normalized spacial score (nSPS) is 11.8. The highest BCUT2D eigenvalue weighted by Gasteiger charge is 2.16. The number of hydrogen-bond acceptors (Lipinski definition) is 4. The Hall–Kier alpha value is -2.60. The summed E-state index contributed by atoms with van der Waals surface area (Å²) in [6.07, 6.45) is 1.93. The third kappa shape index (κ3) is 5.74. The molecule has 0 aliphatic heterocycles. The standard InChI is InChI=1S/C20H20BrNO4/c1-13-5-4-6-17(11-13)22-20(24)14(2)26-19(23)10-7-15-12-16(21)8-9-18(15)25-3/h4-12,14H,1-3H3,(H,22,24)/b10-7+. The summed E-state index contributed by atoms with van der Waals surface area (Å²) in [5, 5.41) is 2.72. The molecule has 5 nitrogen and oxygen atoms in total. The highest BCUT2D eigenvalue weighted by Crippen LogP contribution is 2.24. The first kappa shape index (κ1) is 19.7. The second-order valence-corrected chi connectivity index (χ2v) is 6.57. The average Bonchev–Trinajstić information content (AvgIpc) is 2.60. The van der Waals surface area contributed by atoms with Gasteiger partial charge in [0.25, 0.3) is 5.91 Å². The molecular weight excluding hydrogens is 398 g/mol. The molecule has 0 aliphatic rings. The fourth-order valence-corrected chi connectivity index (χ4v) is 2.61.